The van der Waals surface area contributed by atoms with Crippen molar-refractivity contribution in [2.75, 3.05) is 13.2 Å². The molecule has 0 radical (unpaired) electrons. The van der Waals surface area contributed by atoms with E-state index in [0.29, 0.717) is 12.1 Å². The first kappa shape index (κ1) is 16.6. The Kier molecular flexibility index (Phi) is 4.55. The number of aryl methyl sites for hydroxylation is 2. The number of rotatable bonds is 4. The van der Waals surface area contributed by atoms with Crippen LogP contribution in [0, 0.1) is 13.8 Å². The Labute approximate surface area is 150 Å². The zero-order chi connectivity index (χ0) is 17.4. The fourth-order valence-corrected chi connectivity index (χ4v) is 4.49. The first-order valence-corrected chi connectivity index (χ1v) is 9.63. The summed E-state index contributed by atoms with van der Waals surface area (Å²) < 4.78 is 11.9. The van der Waals surface area contributed by atoms with Crippen LogP contribution < -0.4 is 4.74 Å². The summed E-state index contributed by atoms with van der Waals surface area (Å²) in [6.07, 6.45) is 5.89. The smallest absolute Gasteiger partial charge is 0.212 e. The molecule has 4 nitrogen and oxygen atoms in total. The largest absolute Gasteiger partial charge is 0.494 e. The number of hydrogen-bond donors (Lipinski definition) is 0. The van der Waals surface area contributed by atoms with Gasteiger partial charge in [0.1, 0.15) is 11.5 Å². The van der Waals surface area contributed by atoms with E-state index in [1.807, 2.05) is 13.8 Å². The van der Waals surface area contributed by atoms with Crippen LogP contribution in [-0.2, 0) is 6.42 Å². The number of ether oxygens (including phenoxy) is 1. The zero-order valence-corrected chi connectivity index (χ0v) is 15.5. The third-order valence-corrected chi connectivity index (χ3v) is 5.76. The second-order valence-electron chi connectivity index (χ2n) is 7.25. The number of fused-ring (bicyclic) bond motifs is 1. The Bertz CT molecular complexity index is 733. The van der Waals surface area contributed by atoms with Crippen molar-refractivity contribution in [1.82, 2.24) is 9.88 Å². The summed E-state index contributed by atoms with van der Waals surface area (Å²) in [6, 6.07) is 7.31. The lowest BCUT2D eigenvalue weighted by Crippen LogP contribution is -2.31. The predicted molar refractivity (Wildman–Crippen MR) is 97.9 cm³/mol. The average molecular weight is 340 g/mol. The van der Waals surface area contributed by atoms with Crippen molar-refractivity contribution in [2.45, 2.75) is 65.0 Å². The quantitative estimate of drug-likeness (QED) is 0.793. The van der Waals surface area contributed by atoms with Crippen molar-refractivity contribution in [3.63, 3.8) is 0 Å². The maximum Gasteiger partial charge on any atom is 0.212 e. The molecule has 4 heteroatoms. The Balaban J connectivity index is 1.67. The van der Waals surface area contributed by atoms with Gasteiger partial charge < -0.3 is 9.15 Å². The molecule has 2 atom stereocenters. The highest BCUT2D eigenvalue weighted by atomic mass is 16.5. The van der Waals surface area contributed by atoms with Crippen LogP contribution in [0.2, 0.25) is 0 Å². The molecule has 2 unspecified atom stereocenters. The Morgan fingerprint density at radius 1 is 1.20 bits per heavy atom. The van der Waals surface area contributed by atoms with Crippen molar-refractivity contribution in [2.24, 2.45) is 0 Å². The molecule has 1 fully saturated rings. The van der Waals surface area contributed by atoms with Gasteiger partial charge in [-0.1, -0.05) is 12.1 Å². The number of hydrogen-bond acceptors (Lipinski definition) is 4. The van der Waals surface area contributed by atoms with E-state index in [-0.39, 0.29) is 0 Å². The molecule has 0 saturated carbocycles. The first-order chi connectivity index (χ1) is 12.2. The second-order valence-corrected chi connectivity index (χ2v) is 7.25. The second kappa shape index (κ2) is 6.83. The number of aromatic nitrogens is 1. The molecule has 25 heavy (non-hydrogen) atoms. The summed E-state index contributed by atoms with van der Waals surface area (Å²) in [5, 5.41) is 0. The molecule has 0 spiro atoms. The molecular weight excluding hydrogens is 312 g/mol. The third kappa shape index (κ3) is 2.97. The maximum absolute atomic E-state index is 5.99. The van der Waals surface area contributed by atoms with Crippen LogP contribution in [0.1, 0.15) is 73.2 Å². The number of benzene rings is 1. The summed E-state index contributed by atoms with van der Waals surface area (Å²) in [5.74, 6) is 2.92. The van der Waals surface area contributed by atoms with Crippen LogP contribution in [-0.4, -0.2) is 23.0 Å². The molecule has 134 valence electrons. The lowest BCUT2D eigenvalue weighted by atomic mass is 9.86. The molecule has 1 aliphatic carbocycles. The van der Waals surface area contributed by atoms with Crippen molar-refractivity contribution in [3.8, 4) is 5.75 Å². The minimum absolute atomic E-state index is 0.305. The molecule has 0 N–H and O–H groups in total. The van der Waals surface area contributed by atoms with Crippen LogP contribution in [0.3, 0.4) is 0 Å². The van der Waals surface area contributed by atoms with Gasteiger partial charge in [0, 0.05) is 6.04 Å². The molecule has 1 aliphatic heterocycles. The number of likely N-dealkylation sites (tertiary alicyclic amines) is 1. The fraction of sp³-hybridized carbons (Fsp3) is 0.571. The summed E-state index contributed by atoms with van der Waals surface area (Å²) in [6.45, 7) is 7.95. The fourth-order valence-electron chi connectivity index (χ4n) is 4.49. The van der Waals surface area contributed by atoms with Gasteiger partial charge in [0.05, 0.1) is 18.3 Å². The first-order valence-electron chi connectivity index (χ1n) is 9.63. The van der Waals surface area contributed by atoms with Gasteiger partial charge in [0.2, 0.25) is 5.89 Å². The molecular formula is C21H28N2O2. The topological polar surface area (TPSA) is 38.5 Å². The summed E-state index contributed by atoms with van der Waals surface area (Å²) >= 11 is 0. The highest BCUT2D eigenvalue weighted by molar-refractivity contribution is 5.43. The van der Waals surface area contributed by atoms with Gasteiger partial charge in [-0.05, 0) is 76.6 Å². The average Bonchev–Trinajstić information content (AvgIpc) is 3.22. The molecule has 4 rings (SSSR count). The van der Waals surface area contributed by atoms with E-state index in [0.717, 1.165) is 49.1 Å². The van der Waals surface area contributed by atoms with Crippen molar-refractivity contribution in [3.05, 3.63) is 46.7 Å². The molecule has 2 heterocycles. The van der Waals surface area contributed by atoms with Crippen LogP contribution >= 0.6 is 0 Å². The minimum Gasteiger partial charge on any atom is -0.494 e. The van der Waals surface area contributed by atoms with Gasteiger partial charge in [-0.2, -0.15) is 0 Å². The molecule has 1 saturated heterocycles. The minimum atomic E-state index is 0.305. The Hall–Kier alpha value is -1.81. The lowest BCUT2D eigenvalue weighted by Gasteiger charge is -2.36. The van der Waals surface area contributed by atoms with E-state index < -0.39 is 0 Å². The van der Waals surface area contributed by atoms with Crippen molar-refractivity contribution >= 4 is 0 Å². The third-order valence-electron chi connectivity index (χ3n) is 5.76. The highest BCUT2D eigenvalue weighted by Crippen LogP contribution is 2.45. The predicted octanol–water partition coefficient (Wildman–Crippen LogP) is 4.90. The van der Waals surface area contributed by atoms with Gasteiger partial charge >= 0.3 is 0 Å². The summed E-state index contributed by atoms with van der Waals surface area (Å²) in [4.78, 5) is 7.33. The normalized spacial score (nSPS) is 23.6. The highest BCUT2D eigenvalue weighted by Gasteiger charge is 2.37. The van der Waals surface area contributed by atoms with Crippen LogP contribution in [0.5, 0.6) is 5.75 Å². The Morgan fingerprint density at radius 3 is 2.80 bits per heavy atom. The van der Waals surface area contributed by atoms with E-state index in [1.54, 1.807) is 0 Å². The lowest BCUT2D eigenvalue weighted by molar-refractivity contribution is 0.142. The summed E-state index contributed by atoms with van der Waals surface area (Å²) in [5.41, 5.74) is 3.87. The van der Waals surface area contributed by atoms with Gasteiger partial charge in [0.25, 0.3) is 0 Å². The molecule has 0 amide bonds. The van der Waals surface area contributed by atoms with Crippen LogP contribution in [0.4, 0.5) is 0 Å². The Morgan fingerprint density at radius 2 is 2.04 bits per heavy atom. The number of oxazole rings is 1. The van der Waals surface area contributed by atoms with E-state index >= 15 is 0 Å². The van der Waals surface area contributed by atoms with Gasteiger partial charge in [0.15, 0.2) is 0 Å². The molecule has 2 aliphatic rings. The van der Waals surface area contributed by atoms with Crippen LogP contribution in [0.25, 0.3) is 0 Å². The van der Waals surface area contributed by atoms with E-state index in [9.17, 15) is 0 Å². The molecule has 1 aromatic heterocycles. The van der Waals surface area contributed by atoms with Crippen LogP contribution in [0.15, 0.2) is 22.6 Å². The standard InChI is InChI=1S/C21H28N2O2/c1-4-24-20-12-6-8-16-17(20)9-5-10-18(16)23-13-7-11-19(23)21-22-14(2)15(3)25-21/h6,8,12,18-19H,4-5,7,9-11,13H2,1-3H3. The van der Waals surface area contributed by atoms with Crippen molar-refractivity contribution in [1.29, 1.82) is 0 Å². The SMILES string of the molecule is CCOc1cccc2c1CCCC2N1CCCC1c1nc(C)c(C)o1. The van der Waals surface area contributed by atoms with E-state index in [4.69, 9.17) is 14.1 Å². The molecule has 1 aromatic carbocycles. The van der Waals surface area contributed by atoms with Gasteiger partial charge in [-0.3, -0.25) is 4.90 Å². The van der Waals surface area contributed by atoms with E-state index in [2.05, 4.69) is 30.0 Å². The van der Waals surface area contributed by atoms with Gasteiger partial charge in [-0.15, -0.1) is 0 Å². The maximum atomic E-state index is 5.99. The van der Waals surface area contributed by atoms with Gasteiger partial charge in [-0.25, -0.2) is 4.98 Å². The summed E-state index contributed by atoms with van der Waals surface area (Å²) in [7, 11) is 0. The zero-order valence-electron chi connectivity index (χ0n) is 15.5. The molecule has 2 aromatic rings. The van der Waals surface area contributed by atoms with Crippen molar-refractivity contribution < 1.29 is 9.15 Å². The number of nitrogens with zero attached hydrogens (tertiary/aromatic N) is 2. The monoisotopic (exact) mass is 340 g/mol. The molecule has 0 bridgehead atoms. The van der Waals surface area contributed by atoms with E-state index in [1.165, 1.54) is 30.4 Å².